The second kappa shape index (κ2) is 13.1. The Morgan fingerprint density at radius 2 is 1.77 bits per heavy atom. The third-order valence-corrected chi connectivity index (χ3v) is 7.84. The van der Waals surface area contributed by atoms with Gasteiger partial charge < -0.3 is 34.1 Å². The molecular weight excluding hydrogens is 554 g/mol. The van der Waals surface area contributed by atoms with Crippen molar-refractivity contribution in [3.8, 4) is 5.75 Å². The number of ether oxygens (including phenoxy) is 1. The number of nitrogens with one attached hydrogen (secondary N) is 1. The molecule has 1 aromatic carbocycles. The molecule has 3 amide bonds. The summed E-state index contributed by atoms with van der Waals surface area (Å²) < 4.78 is 13.3. The van der Waals surface area contributed by atoms with Crippen molar-refractivity contribution in [3.05, 3.63) is 71.4 Å². The standard InChI is InChI=1S/C29H33N5O5.C2H4O2/c1-19-15-25(31-39-19)28(36)33-17-23-20-5-2-6-22(16-20)38-14-13-32(11-4-10-30-27(35)24(23)18-33)29(37)26-7-3-12-34(26)21-8-9-21;1-2(3)4/h2-3,5-7,12,15-16,21,23-24H,4,8-11,13-14,17-18H2,1H3,(H,30,35);1H3,(H,3,4)/t23-,24+;/m1./s1. The van der Waals surface area contributed by atoms with Gasteiger partial charge in [0.1, 0.15) is 23.8 Å². The van der Waals surface area contributed by atoms with Crippen LogP contribution in [0.1, 0.15) is 70.4 Å². The number of fused-ring (bicyclic) bond motifs is 4. The molecule has 2 N–H and O–H groups in total. The monoisotopic (exact) mass is 591 g/mol. The van der Waals surface area contributed by atoms with Gasteiger partial charge in [-0.2, -0.15) is 0 Å². The van der Waals surface area contributed by atoms with Crippen LogP contribution in [0.15, 0.2) is 53.2 Å². The number of carbonyl (C=O) groups is 4. The van der Waals surface area contributed by atoms with Crippen LogP contribution in [-0.4, -0.2) is 87.7 Å². The molecule has 1 saturated heterocycles. The molecule has 1 aliphatic carbocycles. The molecule has 2 atom stereocenters. The summed E-state index contributed by atoms with van der Waals surface area (Å²) in [4.78, 5) is 52.5. The highest BCUT2D eigenvalue weighted by Gasteiger charge is 2.41. The molecule has 2 aromatic heterocycles. The van der Waals surface area contributed by atoms with Crippen molar-refractivity contribution < 1.29 is 33.5 Å². The van der Waals surface area contributed by atoms with Crippen molar-refractivity contribution >= 4 is 23.7 Å². The van der Waals surface area contributed by atoms with E-state index in [0.717, 1.165) is 25.3 Å². The van der Waals surface area contributed by atoms with Gasteiger partial charge in [-0.25, -0.2) is 0 Å². The largest absolute Gasteiger partial charge is 0.492 e. The Balaban J connectivity index is 0.000000868. The van der Waals surface area contributed by atoms with Gasteiger partial charge in [-0.15, -0.1) is 0 Å². The van der Waals surface area contributed by atoms with Crippen LogP contribution in [0.5, 0.6) is 5.75 Å². The quantitative estimate of drug-likeness (QED) is 0.472. The second-order valence-corrected chi connectivity index (χ2v) is 11.2. The highest BCUT2D eigenvalue weighted by Crippen LogP contribution is 2.37. The van der Waals surface area contributed by atoms with E-state index in [4.69, 9.17) is 19.2 Å². The first-order valence-electron chi connectivity index (χ1n) is 14.6. The number of nitrogens with zero attached hydrogens (tertiary/aromatic N) is 4. The molecule has 0 spiro atoms. The molecule has 12 nitrogen and oxygen atoms in total. The van der Waals surface area contributed by atoms with Crippen LogP contribution in [0.4, 0.5) is 0 Å². The maximum Gasteiger partial charge on any atom is 0.300 e. The van der Waals surface area contributed by atoms with Gasteiger partial charge in [0.05, 0.1) is 12.5 Å². The lowest BCUT2D eigenvalue weighted by Gasteiger charge is -2.25. The first-order chi connectivity index (χ1) is 20.7. The zero-order valence-corrected chi connectivity index (χ0v) is 24.4. The van der Waals surface area contributed by atoms with E-state index >= 15 is 0 Å². The lowest BCUT2D eigenvalue weighted by Crippen LogP contribution is -2.40. The number of rotatable bonds is 3. The number of carboxylic acids is 1. The van der Waals surface area contributed by atoms with Gasteiger partial charge in [0.15, 0.2) is 5.69 Å². The summed E-state index contributed by atoms with van der Waals surface area (Å²) in [7, 11) is 0. The molecule has 2 bridgehead atoms. The fraction of sp³-hybridized carbons (Fsp3) is 0.452. The van der Waals surface area contributed by atoms with E-state index in [1.54, 1.807) is 17.9 Å². The van der Waals surface area contributed by atoms with Crippen molar-refractivity contribution in [2.75, 3.05) is 39.3 Å². The molecule has 0 radical (unpaired) electrons. The zero-order valence-electron chi connectivity index (χ0n) is 24.4. The minimum Gasteiger partial charge on any atom is -0.492 e. The third kappa shape index (κ3) is 7.25. The van der Waals surface area contributed by atoms with Crippen LogP contribution >= 0.6 is 0 Å². The van der Waals surface area contributed by atoms with Crippen LogP contribution in [-0.2, 0) is 9.59 Å². The van der Waals surface area contributed by atoms with Gasteiger partial charge in [-0.05, 0) is 56.0 Å². The maximum atomic E-state index is 13.5. The number of hydrogen-bond acceptors (Lipinski definition) is 7. The lowest BCUT2D eigenvalue weighted by atomic mass is 9.88. The van der Waals surface area contributed by atoms with Gasteiger partial charge in [-0.3, -0.25) is 19.2 Å². The number of aromatic nitrogens is 2. The summed E-state index contributed by atoms with van der Waals surface area (Å²) in [6, 6.07) is 13.5. The number of likely N-dealkylation sites (tertiary alicyclic amines) is 1. The molecule has 0 unspecified atom stereocenters. The van der Waals surface area contributed by atoms with Crippen LogP contribution in [0.2, 0.25) is 0 Å². The molecule has 6 rings (SSSR count). The Labute approximate surface area is 249 Å². The highest BCUT2D eigenvalue weighted by atomic mass is 16.5. The fourth-order valence-corrected chi connectivity index (χ4v) is 5.65. The summed E-state index contributed by atoms with van der Waals surface area (Å²) in [5.41, 5.74) is 1.88. The normalized spacial score (nSPS) is 20.6. The summed E-state index contributed by atoms with van der Waals surface area (Å²) in [5, 5.41) is 14.4. The fourth-order valence-electron chi connectivity index (χ4n) is 5.65. The maximum absolute atomic E-state index is 13.5. The SMILES string of the molecule is CC(=O)O.Cc1cc(C(=O)N2C[C@@H]3C(=O)NCCCN(C(=O)c4cccn4C4CC4)CCOc4cccc(c4)[C@H]3C2)no1. The molecule has 3 aliphatic rings. The summed E-state index contributed by atoms with van der Waals surface area (Å²) in [6.45, 7) is 5.25. The number of aryl methyl sites for hydroxylation is 1. The van der Waals surface area contributed by atoms with Crippen LogP contribution < -0.4 is 10.1 Å². The van der Waals surface area contributed by atoms with Gasteiger partial charge in [0.2, 0.25) is 5.91 Å². The van der Waals surface area contributed by atoms with Gasteiger partial charge >= 0.3 is 0 Å². The van der Waals surface area contributed by atoms with Crippen LogP contribution in [0, 0.1) is 12.8 Å². The lowest BCUT2D eigenvalue weighted by molar-refractivity contribution is -0.134. The van der Waals surface area contributed by atoms with Crippen molar-refractivity contribution in [2.45, 2.75) is 45.1 Å². The molecule has 3 aromatic rings. The number of benzene rings is 1. The van der Waals surface area contributed by atoms with E-state index in [9.17, 15) is 14.4 Å². The van der Waals surface area contributed by atoms with E-state index in [2.05, 4.69) is 15.0 Å². The average molecular weight is 592 g/mol. The summed E-state index contributed by atoms with van der Waals surface area (Å²) in [6.07, 6.45) is 4.80. The van der Waals surface area contributed by atoms with Gasteiger partial charge in [0.25, 0.3) is 17.8 Å². The molecule has 228 valence electrons. The van der Waals surface area contributed by atoms with E-state index in [0.29, 0.717) is 62.5 Å². The van der Waals surface area contributed by atoms with E-state index in [1.807, 2.05) is 47.5 Å². The average Bonchev–Trinajstić information content (AvgIpc) is 3.34. The Hall–Kier alpha value is -4.61. The van der Waals surface area contributed by atoms with Crippen LogP contribution in [0.25, 0.3) is 0 Å². The first kappa shape index (κ1) is 29.9. The summed E-state index contributed by atoms with van der Waals surface area (Å²) >= 11 is 0. The molecule has 43 heavy (non-hydrogen) atoms. The zero-order chi connectivity index (χ0) is 30.5. The molecule has 2 aliphatic heterocycles. The number of carbonyl (C=O) groups excluding carboxylic acids is 3. The van der Waals surface area contributed by atoms with E-state index in [-0.39, 0.29) is 35.9 Å². The Morgan fingerprint density at radius 3 is 2.49 bits per heavy atom. The molecule has 2 fully saturated rings. The number of aliphatic carboxylic acids is 1. The Morgan fingerprint density at radius 1 is 1.00 bits per heavy atom. The van der Waals surface area contributed by atoms with E-state index < -0.39 is 11.9 Å². The Bertz CT molecular complexity index is 1470. The van der Waals surface area contributed by atoms with Crippen molar-refractivity contribution in [1.29, 1.82) is 0 Å². The highest BCUT2D eigenvalue weighted by molar-refractivity contribution is 5.94. The van der Waals surface area contributed by atoms with Gasteiger partial charge in [0, 0.05) is 57.3 Å². The minimum atomic E-state index is -0.833. The predicted octanol–water partition coefficient (Wildman–Crippen LogP) is 3.11. The topological polar surface area (TPSA) is 147 Å². The third-order valence-electron chi connectivity index (χ3n) is 7.84. The number of carboxylic acid groups (broad SMARTS) is 1. The molecule has 1 saturated carbocycles. The second-order valence-electron chi connectivity index (χ2n) is 11.2. The van der Waals surface area contributed by atoms with Crippen molar-refractivity contribution in [1.82, 2.24) is 24.8 Å². The van der Waals surface area contributed by atoms with Crippen molar-refractivity contribution in [3.63, 3.8) is 0 Å². The van der Waals surface area contributed by atoms with Gasteiger partial charge in [-0.1, -0.05) is 17.3 Å². The Kier molecular flexibility index (Phi) is 9.13. The number of amides is 3. The smallest absolute Gasteiger partial charge is 0.300 e. The molecular formula is C31H37N5O7. The summed E-state index contributed by atoms with van der Waals surface area (Å²) in [5.74, 6) is -0.559. The van der Waals surface area contributed by atoms with Crippen molar-refractivity contribution in [2.24, 2.45) is 5.92 Å². The molecule has 4 heterocycles. The molecule has 12 heteroatoms. The predicted molar refractivity (Wildman–Crippen MR) is 155 cm³/mol. The first-order valence-corrected chi connectivity index (χ1v) is 14.6. The van der Waals surface area contributed by atoms with E-state index in [1.165, 1.54) is 0 Å². The minimum absolute atomic E-state index is 0.0178. The van der Waals surface area contributed by atoms with Crippen LogP contribution in [0.3, 0.4) is 0 Å². The number of hydrogen-bond donors (Lipinski definition) is 2.